The minimum absolute atomic E-state index is 0.107. The van der Waals surface area contributed by atoms with Crippen molar-refractivity contribution in [3.63, 3.8) is 0 Å². The first-order valence-electron chi connectivity index (χ1n) is 7.28. The molecule has 1 N–H and O–H groups in total. The molecule has 1 fully saturated rings. The Balaban J connectivity index is 1.95. The molecule has 0 spiro atoms. The van der Waals surface area contributed by atoms with Crippen molar-refractivity contribution in [2.75, 3.05) is 13.1 Å². The number of hydrogen-bond acceptors (Lipinski definition) is 2. The van der Waals surface area contributed by atoms with Gasteiger partial charge in [-0.2, -0.15) is 0 Å². The summed E-state index contributed by atoms with van der Waals surface area (Å²) in [5, 5.41) is 3.52. The van der Waals surface area contributed by atoms with Crippen LogP contribution in [-0.4, -0.2) is 29.6 Å². The molecule has 0 aromatic heterocycles. The van der Waals surface area contributed by atoms with Gasteiger partial charge in [-0.25, -0.2) is 8.78 Å². The Bertz CT molecular complexity index is 454. The summed E-state index contributed by atoms with van der Waals surface area (Å²) < 4.78 is 26.2. The molecule has 0 aliphatic carbocycles. The molecule has 1 unspecified atom stereocenters. The van der Waals surface area contributed by atoms with Gasteiger partial charge in [0.25, 0.3) is 0 Å². The molecule has 1 atom stereocenters. The standard InChI is InChI=1S/C16H24F2N2/c1-16(2,3)19-10-13-5-4-8-20(13)11-12-6-7-14(17)15(18)9-12/h6-7,9,13,19H,4-5,8,10-11H2,1-3H3. The predicted molar refractivity (Wildman–Crippen MR) is 77.5 cm³/mol. The Morgan fingerprint density at radius 2 is 2.00 bits per heavy atom. The van der Waals surface area contributed by atoms with E-state index < -0.39 is 11.6 Å². The number of rotatable bonds is 4. The quantitative estimate of drug-likeness (QED) is 0.911. The Kier molecular flexibility index (Phi) is 4.76. The summed E-state index contributed by atoms with van der Waals surface area (Å²) in [6.45, 7) is 9.11. The van der Waals surface area contributed by atoms with Crippen LogP contribution < -0.4 is 5.32 Å². The minimum Gasteiger partial charge on any atom is -0.311 e. The van der Waals surface area contributed by atoms with Crippen LogP contribution >= 0.6 is 0 Å². The molecule has 2 rings (SSSR count). The Morgan fingerprint density at radius 3 is 2.65 bits per heavy atom. The number of nitrogens with zero attached hydrogens (tertiary/aromatic N) is 1. The molecule has 1 aromatic carbocycles. The first-order valence-corrected chi connectivity index (χ1v) is 7.28. The lowest BCUT2D eigenvalue weighted by atomic mass is 10.1. The molecule has 0 bridgehead atoms. The van der Waals surface area contributed by atoms with Crippen molar-refractivity contribution in [2.24, 2.45) is 0 Å². The van der Waals surface area contributed by atoms with Crippen LogP contribution in [0.3, 0.4) is 0 Å². The fraction of sp³-hybridized carbons (Fsp3) is 0.625. The van der Waals surface area contributed by atoms with E-state index in [-0.39, 0.29) is 5.54 Å². The van der Waals surface area contributed by atoms with Crippen molar-refractivity contribution < 1.29 is 8.78 Å². The van der Waals surface area contributed by atoms with Crippen molar-refractivity contribution in [1.29, 1.82) is 0 Å². The first kappa shape index (κ1) is 15.4. The minimum atomic E-state index is -0.777. The van der Waals surface area contributed by atoms with Crippen LogP contribution in [0.1, 0.15) is 39.2 Å². The van der Waals surface area contributed by atoms with E-state index in [0.29, 0.717) is 12.6 Å². The van der Waals surface area contributed by atoms with Gasteiger partial charge in [-0.15, -0.1) is 0 Å². The van der Waals surface area contributed by atoms with Crippen LogP contribution in [-0.2, 0) is 6.54 Å². The van der Waals surface area contributed by atoms with Crippen LogP contribution in [0.4, 0.5) is 8.78 Å². The predicted octanol–water partition coefficient (Wildman–Crippen LogP) is 3.32. The molecule has 0 radical (unpaired) electrons. The highest BCUT2D eigenvalue weighted by Crippen LogP contribution is 2.21. The molecule has 20 heavy (non-hydrogen) atoms. The largest absolute Gasteiger partial charge is 0.311 e. The summed E-state index contributed by atoms with van der Waals surface area (Å²) in [7, 11) is 0. The van der Waals surface area contributed by atoms with E-state index >= 15 is 0 Å². The van der Waals surface area contributed by atoms with Gasteiger partial charge in [-0.3, -0.25) is 4.90 Å². The lowest BCUT2D eigenvalue weighted by Gasteiger charge is -2.29. The zero-order chi connectivity index (χ0) is 14.8. The van der Waals surface area contributed by atoms with Crippen molar-refractivity contribution in [2.45, 2.75) is 51.7 Å². The molecule has 1 aliphatic rings. The summed E-state index contributed by atoms with van der Waals surface area (Å²) in [5.41, 5.74) is 0.947. The maximum atomic E-state index is 13.2. The second-order valence-corrected chi connectivity index (χ2v) is 6.65. The number of likely N-dealkylation sites (tertiary alicyclic amines) is 1. The highest BCUT2D eigenvalue weighted by Gasteiger charge is 2.25. The number of nitrogens with one attached hydrogen (secondary N) is 1. The number of benzene rings is 1. The SMILES string of the molecule is CC(C)(C)NCC1CCCN1Cc1ccc(F)c(F)c1. The molecule has 1 aromatic rings. The van der Waals surface area contributed by atoms with Crippen molar-refractivity contribution in [3.05, 3.63) is 35.4 Å². The van der Waals surface area contributed by atoms with Crippen LogP contribution in [0.25, 0.3) is 0 Å². The van der Waals surface area contributed by atoms with Gasteiger partial charge in [-0.1, -0.05) is 6.07 Å². The van der Waals surface area contributed by atoms with Crippen molar-refractivity contribution >= 4 is 0 Å². The van der Waals surface area contributed by atoms with E-state index in [1.54, 1.807) is 6.07 Å². The molecule has 112 valence electrons. The molecule has 1 aliphatic heterocycles. The summed E-state index contributed by atoms with van der Waals surface area (Å²) in [5.74, 6) is -1.54. The van der Waals surface area contributed by atoms with Crippen molar-refractivity contribution in [3.8, 4) is 0 Å². The maximum Gasteiger partial charge on any atom is 0.159 e. The molecule has 1 saturated heterocycles. The summed E-state index contributed by atoms with van der Waals surface area (Å²) >= 11 is 0. The highest BCUT2D eigenvalue weighted by atomic mass is 19.2. The van der Waals surface area contributed by atoms with Crippen LogP contribution in [0, 0.1) is 11.6 Å². The van der Waals surface area contributed by atoms with E-state index in [9.17, 15) is 8.78 Å². The van der Waals surface area contributed by atoms with Gasteiger partial charge in [0.2, 0.25) is 0 Å². The average molecular weight is 282 g/mol. The molecule has 0 saturated carbocycles. The van der Waals surface area contributed by atoms with Crippen LogP contribution in [0.5, 0.6) is 0 Å². The van der Waals surface area contributed by atoms with E-state index in [1.807, 2.05) is 0 Å². The van der Waals surface area contributed by atoms with Gasteiger partial charge in [0, 0.05) is 24.7 Å². The van der Waals surface area contributed by atoms with E-state index in [2.05, 4.69) is 31.0 Å². The molecule has 0 amide bonds. The Hall–Kier alpha value is -1.00. The van der Waals surface area contributed by atoms with Gasteiger partial charge >= 0.3 is 0 Å². The third-order valence-electron chi connectivity index (χ3n) is 3.74. The van der Waals surface area contributed by atoms with E-state index in [1.165, 1.54) is 18.6 Å². The van der Waals surface area contributed by atoms with Gasteiger partial charge in [-0.05, 0) is 57.9 Å². The van der Waals surface area contributed by atoms with E-state index in [4.69, 9.17) is 0 Å². The molecular formula is C16H24F2N2. The van der Waals surface area contributed by atoms with Gasteiger partial charge < -0.3 is 5.32 Å². The smallest absolute Gasteiger partial charge is 0.159 e. The Morgan fingerprint density at radius 1 is 1.25 bits per heavy atom. The normalized spacial score (nSPS) is 20.6. The highest BCUT2D eigenvalue weighted by molar-refractivity contribution is 5.18. The van der Waals surface area contributed by atoms with Crippen LogP contribution in [0.2, 0.25) is 0 Å². The molecule has 1 heterocycles. The Labute approximate surface area is 120 Å². The summed E-state index contributed by atoms with van der Waals surface area (Å²) in [4.78, 5) is 2.35. The average Bonchev–Trinajstić information content (AvgIpc) is 2.78. The maximum absolute atomic E-state index is 13.2. The lowest BCUT2D eigenvalue weighted by molar-refractivity contribution is 0.225. The topological polar surface area (TPSA) is 15.3 Å². The number of hydrogen-bond donors (Lipinski definition) is 1. The zero-order valence-corrected chi connectivity index (χ0v) is 12.5. The third-order valence-corrected chi connectivity index (χ3v) is 3.74. The second kappa shape index (κ2) is 6.19. The summed E-state index contributed by atoms with van der Waals surface area (Å²) in [6, 6.07) is 4.66. The monoisotopic (exact) mass is 282 g/mol. The number of halogens is 2. The third kappa shape index (κ3) is 4.25. The lowest BCUT2D eigenvalue weighted by Crippen LogP contribution is -2.44. The second-order valence-electron chi connectivity index (χ2n) is 6.65. The fourth-order valence-corrected chi connectivity index (χ4v) is 2.63. The van der Waals surface area contributed by atoms with E-state index in [0.717, 1.165) is 25.1 Å². The molecular weight excluding hydrogens is 258 g/mol. The first-order chi connectivity index (χ1) is 9.35. The summed E-state index contributed by atoms with van der Waals surface area (Å²) in [6.07, 6.45) is 2.33. The van der Waals surface area contributed by atoms with Crippen LogP contribution in [0.15, 0.2) is 18.2 Å². The van der Waals surface area contributed by atoms with Gasteiger partial charge in [0.1, 0.15) is 0 Å². The van der Waals surface area contributed by atoms with Gasteiger partial charge in [0.05, 0.1) is 0 Å². The fourth-order valence-electron chi connectivity index (χ4n) is 2.63. The zero-order valence-electron chi connectivity index (χ0n) is 12.5. The molecule has 2 nitrogen and oxygen atoms in total. The van der Waals surface area contributed by atoms with Gasteiger partial charge in [0.15, 0.2) is 11.6 Å². The molecule has 4 heteroatoms. The van der Waals surface area contributed by atoms with Crippen molar-refractivity contribution in [1.82, 2.24) is 10.2 Å².